The third-order valence-electron chi connectivity index (χ3n) is 1.92. The number of pyridine rings is 1. The van der Waals surface area contributed by atoms with E-state index >= 15 is 0 Å². The molecule has 0 bridgehead atoms. The van der Waals surface area contributed by atoms with Gasteiger partial charge in [-0.25, -0.2) is 13.8 Å². The molecule has 0 aliphatic heterocycles. The molecule has 1 rings (SSSR count). The molecule has 1 aromatic rings. The number of halogens is 3. The van der Waals surface area contributed by atoms with Crippen molar-refractivity contribution in [3.05, 3.63) is 28.0 Å². The van der Waals surface area contributed by atoms with E-state index in [4.69, 9.17) is 22.4 Å². The van der Waals surface area contributed by atoms with Crippen LogP contribution < -0.4 is 5.73 Å². The summed E-state index contributed by atoms with van der Waals surface area (Å²) in [7, 11) is 0. The minimum absolute atomic E-state index is 0.00978. The number of hydrogen-bond acceptors (Lipinski definition) is 3. The summed E-state index contributed by atoms with van der Waals surface area (Å²) in [5.41, 5.74) is 4.98. The highest BCUT2D eigenvalue weighted by Crippen LogP contribution is 2.30. The van der Waals surface area contributed by atoms with Gasteiger partial charge >= 0.3 is 5.97 Å². The number of aliphatic carboxylic acids is 1. The minimum atomic E-state index is -2.86. The molecule has 0 amide bonds. The summed E-state index contributed by atoms with van der Waals surface area (Å²) in [6, 6.07) is 1.24. The zero-order chi connectivity index (χ0) is 12.3. The van der Waals surface area contributed by atoms with Crippen molar-refractivity contribution in [1.82, 2.24) is 4.98 Å². The van der Waals surface area contributed by atoms with Gasteiger partial charge in [0, 0.05) is 6.54 Å². The van der Waals surface area contributed by atoms with Gasteiger partial charge in [-0.2, -0.15) is 0 Å². The van der Waals surface area contributed by atoms with Gasteiger partial charge in [-0.05, 0) is 11.6 Å². The maximum absolute atomic E-state index is 12.6. The maximum atomic E-state index is 12.6. The average Bonchev–Trinajstić information content (AvgIpc) is 2.14. The second-order valence-electron chi connectivity index (χ2n) is 3.05. The van der Waals surface area contributed by atoms with E-state index in [1.54, 1.807) is 0 Å². The first-order valence-corrected chi connectivity index (χ1v) is 4.71. The molecule has 0 atom stereocenters. The number of hydrogen-bond donors (Lipinski definition) is 2. The Morgan fingerprint density at radius 1 is 1.62 bits per heavy atom. The van der Waals surface area contributed by atoms with E-state index in [-0.39, 0.29) is 17.8 Å². The number of aromatic nitrogens is 1. The van der Waals surface area contributed by atoms with E-state index < -0.39 is 29.5 Å². The van der Waals surface area contributed by atoms with Gasteiger partial charge in [-0.3, -0.25) is 4.79 Å². The van der Waals surface area contributed by atoms with E-state index in [1.165, 1.54) is 6.07 Å². The number of rotatable bonds is 4. The maximum Gasteiger partial charge on any atom is 0.307 e. The van der Waals surface area contributed by atoms with Crippen molar-refractivity contribution in [1.29, 1.82) is 0 Å². The molecule has 0 saturated heterocycles. The summed E-state index contributed by atoms with van der Waals surface area (Å²) in [5, 5.41) is 8.19. The summed E-state index contributed by atoms with van der Waals surface area (Å²) in [6.07, 6.45) is -3.39. The Hall–Kier alpha value is -1.27. The summed E-state index contributed by atoms with van der Waals surface area (Å²) in [4.78, 5) is 14.2. The van der Waals surface area contributed by atoms with E-state index in [1.807, 2.05) is 0 Å². The van der Waals surface area contributed by atoms with Crippen molar-refractivity contribution in [2.75, 3.05) is 0 Å². The summed E-state index contributed by atoms with van der Waals surface area (Å²) in [6.45, 7) is 0.00978. The summed E-state index contributed by atoms with van der Waals surface area (Å²) >= 11 is 5.55. The van der Waals surface area contributed by atoms with Crippen LogP contribution in [-0.4, -0.2) is 16.1 Å². The molecule has 0 fully saturated rings. The van der Waals surface area contributed by atoms with Crippen LogP contribution in [0.1, 0.15) is 23.2 Å². The molecule has 0 aliphatic carbocycles. The zero-order valence-corrected chi connectivity index (χ0v) is 8.84. The van der Waals surface area contributed by atoms with Crippen molar-refractivity contribution in [3.8, 4) is 0 Å². The van der Waals surface area contributed by atoms with Crippen LogP contribution >= 0.6 is 11.6 Å². The number of alkyl halides is 2. The molecule has 1 aromatic heterocycles. The molecular weight excluding hydrogens is 242 g/mol. The topological polar surface area (TPSA) is 76.2 Å². The molecule has 0 radical (unpaired) electrons. The van der Waals surface area contributed by atoms with Crippen LogP contribution in [0.25, 0.3) is 0 Å². The lowest BCUT2D eigenvalue weighted by Crippen LogP contribution is -2.09. The molecule has 0 aliphatic rings. The monoisotopic (exact) mass is 250 g/mol. The molecule has 0 unspecified atom stereocenters. The first-order chi connectivity index (χ1) is 7.45. The molecule has 0 aromatic carbocycles. The Labute approximate surface area is 95.0 Å². The molecule has 3 N–H and O–H groups in total. The fourth-order valence-corrected chi connectivity index (χ4v) is 1.59. The molecular formula is C9H9ClF2N2O2. The van der Waals surface area contributed by atoms with Gasteiger partial charge < -0.3 is 10.8 Å². The van der Waals surface area contributed by atoms with Crippen LogP contribution in [0.3, 0.4) is 0 Å². The van der Waals surface area contributed by atoms with Gasteiger partial charge in [0.2, 0.25) is 0 Å². The highest BCUT2D eigenvalue weighted by Gasteiger charge is 2.20. The Balaban J connectivity index is 3.28. The Morgan fingerprint density at radius 2 is 2.25 bits per heavy atom. The molecule has 16 heavy (non-hydrogen) atoms. The highest BCUT2D eigenvalue weighted by molar-refractivity contribution is 6.30. The third-order valence-corrected chi connectivity index (χ3v) is 2.21. The molecule has 0 saturated carbocycles. The van der Waals surface area contributed by atoms with Crippen LogP contribution in [0, 0.1) is 0 Å². The van der Waals surface area contributed by atoms with Crippen molar-refractivity contribution in [2.24, 2.45) is 5.73 Å². The molecule has 4 nitrogen and oxygen atoms in total. The number of nitrogens with zero attached hydrogens (tertiary/aromatic N) is 1. The van der Waals surface area contributed by atoms with Gasteiger partial charge in [-0.1, -0.05) is 11.6 Å². The number of carbonyl (C=O) groups is 1. The lowest BCUT2D eigenvalue weighted by atomic mass is 10.1. The molecule has 7 heteroatoms. The normalized spacial score (nSPS) is 10.8. The SMILES string of the molecule is NCc1cc(CC(=O)O)c(C(F)F)c(Cl)n1. The first-order valence-electron chi connectivity index (χ1n) is 4.34. The standard InChI is InChI=1S/C9H9ClF2N2O2/c10-8-7(9(11)12)4(2-6(15)16)1-5(3-13)14-8/h1,9H,2-3,13H2,(H,15,16). The lowest BCUT2D eigenvalue weighted by Gasteiger charge is -2.10. The number of carboxylic acids is 1. The van der Waals surface area contributed by atoms with Crippen LogP contribution in [0.4, 0.5) is 8.78 Å². The number of carboxylic acid groups (broad SMARTS) is 1. The summed E-state index contributed by atoms with van der Waals surface area (Å²) in [5.74, 6) is -1.22. The van der Waals surface area contributed by atoms with E-state index in [9.17, 15) is 13.6 Å². The first kappa shape index (κ1) is 12.8. The van der Waals surface area contributed by atoms with Gasteiger partial charge in [-0.15, -0.1) is 0 Å². The smallest absolute Gasteiger partial charge is 0.307 e. The Morgan fingerprint density at radius 3 is 2.69 bits per heavy atom. The van der Waals surface area contributed by atoms with Crippen molar-refractivity contribution in [2.45, 2.75) is 19.4 Å². The van der Waals surface area contributed by atoms with Gasteiger partial charge in [0.15, 0.2) is 0 Å². The van der Waals surface area contributed by atoms with Crippen molar-refractivity contribution < 1.29 is 18.7 Å². The quantitative estimate of drug-likeness (QED) is 0.799. The molecule has 0 spiro atoms. The second-order valence-corrected chi connectivity index (χ2v) is 3.41. The van der Waals surface area contributed by atoms with E-state index in [2.05, 4.69) is 4.98 Å². The lowest BCUT2D eigenvalue weighted by molar-refractivity contribution is -0.136. The van der Waals surface area contributed by atoms with Crippen LogP contribution in [0.2, 0.25) is 5.15 Å². The van der Waals surface area contributed by atoms with E-state index in [0.717, 1.165) is 0 Å². The van der Waals surface area contributed by atoms with Gasteiger partial charge in [0.25, 0.3) is 6.43 Å². The minimum Gasteiger partial charge on any atom is -0.481 e. The van der Waals surface area contributed by atoms with Crippen LogP contribution in [0.5, 0.6) is 0 Å². The fourth-order valence-electron chi connectivity index (χ4n) is 1.27. The van der Waals surface area contributed by atoms with Gasteiger partial charge in [0.1, 0.15) is 5.15 Å². The summed E-state index contributed by atoms with van der Waals surface area (Å²) < 4.78 is 25.3. The number of nitrogens with two attached hydrogens (primary N) is 1. The Kier molecular flexibility index (Phi) is 4.14. The predicted octanol–water partition coefficient (Wildman–Crippen LogP) is 1.76. The second kappa shape index (κ2) is 5.18. The average molecular weight is 251 g/mol. The molecule has 1 heterocycles. The predicted molar refractivity (Wildman–Crippen MR) is 53.4 cm³/mol. The van der Waals surface area contributed by atoms with Crippen molar-refractivity contribution >= 4 is 17.6 Å². The van der Waals surface area contributed by atoms with Crippen LogP contribution in [0.15, 0.2) is 6.07 Å². The largest absolute Gasteiger partial charge is 0.481 e. The van der Waals surface area contributed by atoms with E-state index in [0.29, 0.717) is 0 Å². The molecule has 88 valence electrons. The Bertz CT molecular complexity index is 413. The van der Waals surface area contributed by atoms with Crippen LogP contribution in [-0.2, 0) is 17.8 Å². The van der Waals surface area contributed by atoms with Crippen molar-refractivity contribution in [3.63, 3.8) is 0 Å². The zero-order valence-electron chi connectivity index (χ0n) is 8.08. The third kappa shape index (κ3) is 2.86. The van der Waals surface area contributed by atoms with Gasteiger partial charge in [0.05, 0.1) is 17.7 Å². The highest BCUT2D eigenvalue weighted by atomic mass is 35.5. The fraction of sp³-hybridized carbons (Fsp3) is 0.333.